The molecule has 0 saturated heterocycles. The molecule has 0 fully saturated rings. The van der Waals surface area contributed by atoms with Crippen LogP contribution in [-0.4, -0.2) is 38.8 Å². The molecule has 0 aromatic heterocycles. The van der Waals surface area contributed by atoms with Gasteiger partial charge in [0.15, 0.2) is 0 Å². The average molecular weight is 280 g/mol. The first-order chi connectivity index (χ1) is 8.57. The zero-order valence-corrected chi connectivity index (χ0v) is 14.0. The van der Waals surface area contributed by atoms with Crippen LogP contribution >= 0.6 is 0 Å². The summed E-state index contributed by atoms with van der Waals surface area (Å²) < 4.78 is 6.10. The fourth-order valence-corrected chi connectivity index (χ4v) is 5.39. The zero-order chi connectivity index (χ0) is 14.7. The van der Waals surface area contributed by atoms with Gasteiger partial charge in [-0.3, -0.25) is 4.79 Å². The number of ether oxygens (including phenoxy) is 1. The molecule has 0 aliphatic carbocycles. The number of carbonyl (C=O) groups excluding carboxylic acids is 1. The molecule has 0 bridgehead atoms. The Kier molecular flexibility index (Phi) is 4.93. The minimum absolute atomic E-state index is 0.270. The van der Waals surface area contributed by atoms with Gasteiger partial charge in [-0.05, 0) is 12.1 Å². The Bertz CT molecular complexity index is 450. The van der Waals surface area contributed by atoms with Gasteiger partial charge in [-0.2, -0.15) is 0 Å². The molecule has 0 aliphatic heterocycles. The number of hydrogen-bond acceptors (Lipinski definition) is 2. The van der Waals surface area contributed by atoms with E-state index in [2.05, 4.69) is 39.8 Å². The topological polar surface area (TPSA) is 26.3 Å². The van der Waals surface area contributed by atoms with E-state index in [1.54, 1.807) is 0 Å². The lowest BCUT2D eigenvalue weighted by Crippen LogP contribution is -2.49. The highest BCUT2D eigenvalue weighted by Crippen LogP contribution is 2.18. The molecule has 0 radical (unpaired) electrons. The fourth-order valence-electron chi connectivity index (χ4n) is 2.71. The minimum atomic E-state index is -1.10. The van der Waals surface area contributed by atoms with E-state index in [9.17, 15) is 4.79 Å². The Morgan fingerprint density at radius 1 is 1.26 bits per heavy atom. The highest BCUT2D eigenvalue weighted by molar-refractivity contribution is 6.75. The van der Waals surface area contributed by atoms with Crippen LogP contribution < -0.4 is 4.74 Å². The van der Waals surface area contributed by atoms with Crippen LogP contribution in [0.3, 0.4) is 0 Å². The van der Waals surface area contributed by atoms with E-state index in [1.807, 2.05) is 18.2 Å². The predicted octanol–water partition coefficient (Wildman–Crippen LogP) is 3.07. The van der Waals surface area contributed by atoms with Crippen molar-refractivity contribution >= 4 is 14.0 Å². The third-order valence-electron chi connectivity index (χ3n) is 2.67. The molecule has 0 spiro atoms. The summed E-state index contributed by atoms with van der Waals surface area (Å²) in [5, 5.41) is 0. The van der Waals surface area contributed by atoms with E-state index in [0.29, 0.717) is 5.75 Å². The molecule has 1 rings (SSSR count). The van der Waals surface area contributed by atoms with E-state index in [1.165, 1.54) is 18.7 Å². The summed E-state index contributed by atoms with van der Waals surface area (Å²) in [5.74, 6) is 0.367. The minimum Gasteiger partial charge on any atom is -0.427 e. The molecule has 1 aromatic rings. The molecule has 0 aliphatic rings. The van der Waals surface area contributed by atoms with Crippen molar-refractivity contribution in [1.29, 1.82) is 0 Å². The van der Waals surface area contributed by atoms with Crippen molar-refractivity contribution < 1.29 is 14.0 Å². The largest absolute Gasteiger partial charge is 0.427 e. The van der Waals surface area contributed by atoms with Crippen LogP contribution in [-0.2, 0) is 11.3 Å². The van der Waals surface area contributed by atoms with Crippen LogP contribution in [0.15, 0.2) is 24.3 Å². The van der Waals surface area contributed by atoms with Gasteiger partial charge in [-0.15, -0.1) is 0 Å². The third kappa shape index (κ3) is 6.54. The maximum Gasteiger partial charge on any atom is 0.308 e. The van der Waals surface area contributed by atoms with Crippen molar-refractivity contribution in [2.75, 3.05) is 20.3 Å². The van der Waals surface area contributed by atoms with Gasteiger partial charge in [-0.25, -0.2) is 0 Å². The molecular formula is C15H26NO2Si+. The van der Waals surface area contributed by atoms with Crippen molar-refractivity contribution in [3.05, 3.63) is 29.8 Å². The molecule has 4 heteroatoms. The zero-order valence-electron chi connectivity index (χ0n) is 13.0. The normalized spacial score (nSPS) is 12.3. The molecule has 0 N–H and O–H groups in total. The first-order valence-corrected chi connectivity index (χ1v) is 10.4. The van der Waals surface area contributed by atoms with E-state index < -0.39 is 8.07 Å². The predicted molar refractivity (Wildman–Crippen MR) is 81.8 cm³/mol. The average Bonchev–Trinajstić information content (AvgIpc) is 2.11. The summed E-state index contributed by atoms with van der Waals surface area (Å²) >= 11 is 0. The summed E-state index contributed by atoms with van der Waals surface area (Å²) in [5.41, 5.74) is 1.21. The molecule has 0 atom stereocenters. The fraction of sp³-hybridized carbons (Fsp3) is 0.533. The molecule has 0 saturated carbocycles. The molecule has 0 heterocycles. The van der Waals surface area contributed by atoms with Gasteiger partial charge in [0.1, 0.15) is 20.4 Å². The summed E-state index contributed by atoms with van der Waals surface area (Å²) in [4.78, 5) is 11.0. The Hall–Kier alpha value is -1.13. The lowest BCUT2D eigenvalue weighted by molar-refractivity contribution is -0.894. The van der Waals surface area contributed by atoms with E-state index >= 15 is 0 Å². The Labute approximate surface area is 117 Å². The number of carbonyl (C=O) groups is 1. The second kappa shape index (κ2) is 5.88. The number of nitrogens with zero attached hydrogens (tertiary/aromatic N) is 1. The monoisotopic (exact) mass is 280 g/mol. The second-order valence-corrected chi connectivity index (χ2v) is 12.5. The highest BCUT2D eigenvalue weighted by atomic mass is 28.3. The molecular weight excluding hydrogens is 254 g/mol. The van der Waals surface area contributed by atoms with Gasteiger partial charge in [0, 0.05) is 12.5 Å². The van der Waals surface area contributed by atoms with E-state index in [-0.39, 0.29) is 5.97 Å². The quantitative estimate of drug-likeness (QED) is 0.359. The Morgan fingerprint density at radius 3 is 2.42 bits per heavy atom. The first kappa shape index (κ1) is 15.9. The van der Waals surface area contributed by atoms with Gasteiger partial charge in [0.05, 0.1) is 20.3 Å². The molecule has 0 amide bonds. The summed E-state index contributed by atoms with van der Waals surface area (Å²) in [6.07, 6.45) is 1.23. The Balaban J connectivity index is 2.78. The lowest BCUT2D eigenvalue weighted by Gasteiger charge is -2.35. The van der Waals surface area contributed by atoms with Crippen molar-refractivity contribution in [3.8, 4) is 5.75 Å². The van der Waals surface area contributed by atoms with Crippen molar-refractivity contribution in [2.45, 2.75) is 33.1 Å². The SMILES string of the molecule is CC(=O)Oc1cccc(C[N+](C)(C)C[Si](C)(C)C)c1. The van der Waals surface area contributed by atoms with Crippen molar-refractivity contribution in [2.24, 2.45) is 0 Å². The van der Waals surface area contributed by atoms with Gasteiger partial charge in [0.2, 0.25) is 0 Å². The molecule has 106 valence electrons. The van der Waals surface area contributed by atoms with Crippen LogP contribution in [0.25, 0.3) is 0 Å². The number of quaternary nitrogens is 1. The number of hydrogen-bond donors (Lipinski definition) is 0. The standard InChI is InChI=1S/C15H26NO2Si/c1-13(17)18-15-9-7-8-14(10-15)11-16(2,3)12-19(4,5)6/h7-10H,11-12H2,1-6H3/q+1. The molecule has 0 unspecified atom stereocenters. The number of esters is 1. The van der Waals surface area contributed by atoms with Crippen LogP contribution in [0.1, 0.15) is 12.5 Å². The Morgan fingerprint density at radius 2 is 1.89 bits per heavy atom. The molecule has 19 heavy (non-hydrogen) atoms. The van der Waals surface area contributed by atoms with E-state index in [4.69, 9.17) is 4.74 Å². The van der Waals surface area contributed by atoms with Gasteiger partial charge in [0.25, 0.3) is 0 Å². The smallest absolute Gasteiger partial charge is 0.308 e. The van der Waals surface area contributed by atoms with E-state index in [0.717, 1.165) is 11.0 Å². The van der Waals surface area contributed by atoms with Crippen LogP contribution in [0.4, 0.5) is 0 Å². The van der Waals surface area contributed by atoms with Crippen LogP contribution in [0.5, 0.6) is 5.75 Å². The first-order valence-electron chi connectivity index (χ1n) is 6.67. The maximum atomic E-state index is 11.0. The van der Waals surface area contributed by atoms with Crippen LogP contribution in [0, 0.1) is 0 Å². The maximum absolute atomic E-state index is 11.0. The van der Waals surface area contributed by atoms with Crippen molar-refractivity contribution in [1.82, 2.24) is 0 Å². The second-order valence-electron chi connectivity index (χ2n) is 7.05. The summed E-state index contributed by atoms with van der Waals surface area (Å²) in [6.45, 7) is 9.56. The third-order valence-corrected chi connectivity index (χ3v) is 4.48. The summed E-state index contributed by atoms with van der Waals surface area (Å²) in [6, 6.07) is 7.83. The lowest BCUT2D eigenvalue weighted by atomic mass is 10.2. The van der Waals surface area contributed by atoms with Gasteiger partial charge >= 0.3 is 5.97 Å². The van der Waals surface area contributed by atoms with Crippen molar-refractivity contribution in [3.63, 3.8) is 0 Å². The highest BCUT2D eigenvalue weighted by Gasteiger charge is 2.26. The number of rotatable bonds is 5. The number of benzene rings is 1. The van der Waals surface area contributed by atoms with Crippen LogP contribution in [0.2, 0.25) is 19.6 Å². The molecule has 3 nitrogen and oxygen atoms in total. The molecule has 1 aromatic carbocycles. The van der Waals surface area contributed by atoms with Gasteiger partial charge < -0.3 is 9.22 Å². The van der Waals surface area contributed by atoms with Gasteiger partial charge in [-0.1, -0.05) is 31.8 Å². The summed E-state index contributed by atoms with van der Waals surface area (Å²) in [7, 11) is 3.42.